The number of aryl methyl sites for hydroxylation is 1. The number of halogens is 3. The van der Waals surface area contributed by atoms with Crippen LogP contribution in [-0.2, 0) is 11.8 Å². The Morgan fingerprint density at radius 2 is 1.89 bits per heavy atom. The number of piperazine rings is 1. The number of fused-ring (bicyclic) bond motifs is 7. The molecule has 4 atom stereocenters. The normalized spacial score (nSPS) is 24.5. The maximum absolute atomic E-state index is 17.7. The van der Waals surface area contributed by atoms with E-state index in [9.17, 15) is 9.50 Å². The van der Waals surface area contributed by atoms with E-state index in [1.807, 2.05) is 6.20 Å². The Labute approximate surface area is 305 Å². The second kappa shape index (κ2) is 13.0. The molecule has 276 valence electrons. The van der Waals surface area contributed by atoms with Crippen molar-refractivity contribution in [3.05, 3.63) is 47.7 Å². The summed E-state index contributed by atoms with van der Waals surface area (Å²) in [5.41, 5.74) is 0.0406. The topological polar surface area (TPSA) is 92.0 Å². The zero-order valence-corrected chi connectivity index (χ0v) is 29.9. The van der Waals surface area contributed by atoms with Crippen LogP contribution < -0.4 is 9.64 Å². The Kier molecular flexibility index (Phi) is 8.40. The molecule has 3 aromatic carbocycles. The highest BCUT2D eigenvalue weighted by Crippen LogP contribution is 2.46. The summed E-state index contributed by atoms with van der Waals surface area (Å²) >= 11 is 0. The number of hydrogen-bond acceptors (Lipinski definition) is 9. The number of methoxy groups -OCH3 is 1. The van der Waals surface area contributed by atoms with Crippen molar-refractivity contribution in [1.82, 2.24) is 29.5 Å². The molecule has 53 heavy (non-hydrogen) atoms. The lowest BCUT2D eigenvalue weighted by atomic mass is 9.91. The number of nitrogens with zero attached hydrogens (tertiary/aromatic N) is 7. The number of aromatic nitrogens is 4. The number of hydrogen-bond donors (Lipinski definition) is 1. The monoisotopic (exact) mass is 725 g/mol. The van der Waals surface area contributed by atoms with Crippen LogP contribution >= 0.6 is 0 Å². The van der Waals surface area contributed by atoms with Gasteiger partial charge >= 0.3 is 6.01 Å². The van der Waals surface area contributed by atoms with E-state index in [1.165, 1.54) is 24.3 Å². The van der Waals surface area contributed by atoms with Gasteiger partial charge in [-0.3, -0.25) is 14.5 Å². The lowest BCUT2D eigenvalue weighted by molar-refractivity contribution is 0.107. The van der Waals surface area contributed by atoms with E-state index in [1.54, 1.807) is 18.8 Å². The summed E-state index contributed by atoms with van der Waals surface area (Å²) in [4.78, 5) is 16.7. The largest absolute Gasteiger partial charge is 0.508 e. The molecule has 10 nitrogen and oxygen atoms in total. The van der Waals surface area contributed by atoms with E-state index < -0.39 is 23.3 Å². The first-order valence-electron chi connectivity index (χ1n) is 18.5. The van der Waals surface area contributed by atoms with Gasteiger partial charge in [-0.05, 0) is 67.8 Å². The predicted octanol–water partition coefficient (Wildman–Crippen LogP) is 5.95. The Hall–Kier alpha value is -4.64. The minimum absolute atomic E-state index is 0.00937. The van der Waals surface area contributed by atoms with E-state index in [0.717, 1.165) is 45.2 Å². The average molecular weight is 726 g/mol. The molecule has 2 aromatic heterocycles. The molecule has 6 heterocycles. The molecule has 5 aromatic rings. The second-order valence-corrected chi connectivity index (χ2v) is 15.2. The molecule has 1 N–H and O–H groups in total. The number of terminal acetylenes is 1. The number of phenols is 1. The number of anilines is 1. The van der Waals surface area contributed by atoms with Gasteiger partial charge in [-0.1, -0.05) is 12.0 Å². The van der Waals surface area contributed by atoms with Crippen molar-refractivity contribution in [2.75, 3.05) is 57.9 Å². The molecule has 0 saturated carbocycles. The van der Waals surface area contributed by atoms with Gasteiger partial charge in [0.05, 0.1) is 16.5 Å². The summed E-state index contributed by atoms with van der Waals surface area (Å²) in [7, 11) is 3.47. The van der Waals surface area contributed by atoms with E-state index in [2.05, 4.69) is 20.6 Å². The van der Waals surface area contributed by atoms with Crippen molar-refractivity contribution in [1.29, 1.82) is 0 Å². The number of rotatable bonds is 9. The summed E-state index contributed by atoms with van der Waals surface area (Å²) in [6, 6.07) is 6.19. The summed E-state index contributed by atoms with van der Waals surface area (Å²) in [5.74, 6) is 1.50. The molecule has 4 fully saturated rings. The highest BCUT2D eigenvalue weighted by Gasteiger charge is 2.49. The molecule has 0 spiro atoms. The van der Waals surface area contributed by atoms with Crippen molar-refractivity contribution in [3.63, 3.8) is 0 Å². The molecule has 4 aliphatic rings. The zero-order chi connectivity index (χ0) is 36.6. The summed E-state index contributed by atoms with van der Waals surface area (Å²) in [6.45, 7) is 4.37. The Balaban J connectivity index is 1.24. The summed E-state index contributed by atoms with van der Waals surface area (Å²) in [5, 5.41) is 17.4. The van der Waals surface area contributed by atoms with Gasteiger partial charge in [0.1, 0.15) is 41.2 Å². The SMILES string of the molecule is C#Cc1c(F)ccc2cc(O)cc(-c3c(F)c4nc(OC[C@@]56CCCN5C[C@H](F)C6)nc(N5CC6CCC(C5)N6CCCOC)c4c4cn(C)nc34)c12. The quantitative estimate of drug-likeness (QED) is 0.146. The van der Waals surface area contributed by atoms with Crippen LogP contribution in [-0.4, -0.2) is 111 Å². The van der Waals surface area contributed by atoms with Gasteiger partial charge in [0.25, 0.3) is 0 Å². The third-order valence-corrected chi connectivity index (χ3v) is 12.0. The molecule has 13 heteroatoms. The van der Waals surface area contributed by atoms with Crippen molar-refractivity contribution < 1.29 is 27.8 Å². The van der Waals surface area contributed by atoms with Crippen LogP contribution in [0.1, 0.15) is 44.1 Å². The summed E-state index contributed by atoms with van der Waals surface area (Å²) < 4.78 is 61.0. The van der Waals surface area contributed by atoms with Crippen molar-refractivity contribution >= 4 is 38.4 Å². The van der Waals surface area contributed by atoms with Crippen LogP contribution in [0.4, 0.5) is 19.0 Å². The number of benzene rings is 3. The predicted molar refractivity (Wildman–Crippen MR) is 197 cm³/mol. The minimum atomic E-state index is -0.934. The lowest BCUT2D eigenvalue weighted by Gasteiger charge is -2.42. The maximum atomic E-state index is 17.7. The fraction of sp³-hybridized carbons (Fsp3) is 0.475. The van der Waals surface area contributed by atoms with Gasteiger partial charge in [0, 0.05) is 88.0 Å². The highest BCUT2D eigenvalue weighted by molar-refractivity contribution is 6.18. The molecular formula is C40H42F3N7O3. The zero-order valence-electron chi connectivity index (χ0n) is 29.9. The smallest absolute Gasteiger partial charge is 0.319 e. The van der Waals surface area contributed by atoms with Gasteiger partial charge in [0.15, 0.2) is 5.82 Å². The Bertz CT molecular complexity index is 2300. The maximum Gasteiger partial charge on any atom is 0.319 e. The lowest BCUT2D eigenvalue weighted by Crippen LogP contribution is -2.54. The first-order valence-corrected chi connectivity index (χ1v) is 18.5. The van der Waals surface area contributed by atoms with E-state index >= 15 is 8.78 Å². The van der Waals surface area contributed by atoms with Crippen LogP contribution in [0, 0.1) is 24.0 Å². The van der Waals surface area contributed by atoms with Crippen molar-refractivity contribution in [2.24, 2.45) is 7.05 Å². The molecular weight excluding hydrogens is 683 g/mol. The molecule has 0 amide bonds. The first-order chi connectivity index (χ1) is 25.7. The third kappa shape index (κ3) is 5.56. The highest BCUT2D eigenvalue weighted by atomic mass is 19.1. The molecule has 2 bridgehead atoms. The van der Waals surface area contributed by atoms with Gasteiger partial charge in [-0.15, -0.1) is 6.42 Å². The average Bonchev–Trinajstić information content (AvgIpc) is 3.85. The van der Waals surface area contributed by atoms with E-state index in [0.29, 0.717) is 60.2 Å². The molecule has 9 rings (SSSR count). The fourth-order valence-electron chi connectivity index (χ4n) is 9.78. The second-order valence-electron chi connectivity index (χ2n) is 15.2. The Morgan fingerprint density at radius 1 is 1.08 bits per heavy atom. The molecule has 0 aliphatic carbocycles. The number of phenolic OH excluding ortho intramolecular Hbond substituents is 1. The third-order valence-electron chi connectivity index (χ3n) is 12.0. The van der Waals surface area contributed by atoms with Crippen LogP contribution in [0.2, 0.25) is 0 Å². The van der Waals surface area contributed by atoms with E-state index in [4.69, 9.17) is 31.0 Å². The molecule has 0 radical (unpaired) electrons. The number of aromatic hydroxyl groups is 1. The van der Waals surface area contributed by atoms with Gasteiger partial charge in [-0.2, -0.15) is 15.1 Å². The van der Waals surface area contributed by atoms with Crippen LogP contribution in [0.15, 0.2) is 30.5 Å². The standard InChI is InChI=1S/C40H42F3N7O3/c1-4-28-31(42)10-7-23-15-27(51)16-29(32(23)28)33-35(43)37-34(30-21-47(2)46-36(30)33)38(48-19-25-8-9-26(20-48)50(25)13-6-14-52-3)45-39(44-37)53-22-40-11-5-12-49(40)18-24(41)17-40/h1,7,10,15-16,21,24-26,51H,5-6,8-9,11-14,17-20,22H2,2-3H3/t24-,25?,26?,40+/m1/s1. The van der Waals surface area contributed by atoms with Crippen LogP contribution in [0.3, 0.4) is 0 Å². The Morgan fingerprint density at radius 3 is 2.66 bits per heavy atom. The van der Waals surface area contributed by atoms with E-state index in [-0.39, 0.29) is 58.0 Å². The van der Waals surface area contributed by atoms with Crippen molar-refractivity contribution in [3.8, 4) is 35.2 Å². The van der Waals surface area contributed by atoms with Gasteiger partial charge in [0.2, 0.25) is 0 Å². The first kappa shape index (κ1) is 34.1. The fourth-order valence-corrected chi connectivity index (χ4v) is 9.78. The minimum Gasteiger partial charge on any atom is -0.508 e. The number of ether oxygens (including phenoxy) is 2. The molecule has 4 aliphatic heterocycles. The number of alkyl halides is 1. The van der Waals surface area contributed by atoms with Crippen LogP contribution in [0.25, 0.3) is 43.7 Å². The summed E-state index contributed by atoms with van der Waals surface area (Å²) in [6.07, 6.45) is 11.9. The van der Waals surface area contributed by atoms with Gasteiger partial charge < -0.3 is 19.5 Å². The van der Waals surface area contributed by atoms with Crippen molar-refractivity contribution in [2.45, 2.75) is 62.3 Å². The molecule has 2 unspecified atom stereocenters. The van der Waals surface area contributed by atoms with Gasteiger partial charge in [-0.25, -0.2) is 13.2 Å². The molecule has 4 saturated heterocycles. The van der Waals surface area contributed by atoms with Crippen LogP contribution in [0.5, 0.6) is 11.8 Å².